The van der Waals surface area contributed by atoms with Crippen LogP contribution in [0.3, 0.4) is 0 Å². The molecule has 0 spiro atoms. The van der Waals surface area contributed by atoms with E-state index in [1.165, 1.54) is 11.1 Å². The van der Waals surface area contributed by atoms with E-state index in [0.29, 0.717) is 5.92 Å². The number of benzene rings is 1. The SMILES string of the molecule is Cc1ccc2c(c1)CCCN2C(=O)C(C)(N)C1CC1. The van der Waals surface area contributed by atoms with Crippen molar-refractivity contribution in [2.24, 2.45) is 11.7 Å². The van der Waals surface area contributed by atoms with Crippen molar-refractivity contribution in [1.29, 1.82) is 0 Å². The minimum absolute atomic E-state index is 0.0970. The number of aryl methyl sites for hydroxylation is 2. The molecule has 102 valence electrons. The summed E-state index contributed by atoms with van der Waals surface area (Å²) in [6.07, 6.45) is 4.27. The van der Waals surface area contributed by atoms with Crippen molar-refractivity contribution in [3.63, 3.8) is 0 Å². The van der Waals surface area contributed by atoms with E-state index in [2.05, 4.69) is 25.1 Å². The van der Waals surface area contributed by atoms with Gasteiger partial charge in [-0.3, -0.25) is 4.79 Å². The first-order valence-electron chi connectivity index (χ1n) is 7.20. The van der Waals surface area contributed by atoms with Gasteiger partial charge in [-0.05, 0) is 57.1 Å². The summed E-state index contributed by atoms with van der Waals surface area (Å²) in [5, 5.41) is 0. The van der Waals surface area contributed by atoms with Crippen molar-refractivity contribution in [3.05, 3.63) is 29.3 Å². The minimum Gasteiger partial charge on any atom is -0.317 e. The van der Waals surface area contributed by atoms with Gasteiger partial charge in [0, 0.05) is 12.2 Å². The number of carbonyl (C=O) groups excluding carboxylic acids is 1. The van der Waals surface area contributed by atoms with Gasteiger partial charge in [0.15, 0.2) is 0 Å². The van der Waals surface area contributed by atoms with E-state index in [4.69, 9.17) is 5.73 Å². The normalized spacial score (nSPS) is 21.7. The number of hydrogen-bond donors (Lipinski definition) is 1. The molecular formula is C16H22N2O. The maximum absolute atomic E-state index is 12.7. The first kappa shape index (κ1) is 12.7. The Labute approximate surface area is 114 Å². The molecule has 3 nitrogen and oxygen atoms in total. The lowest BCUT2D eigenvalue weighted by atomic mass is 9.92. The number of nitrogens with zero attached hydrogens (tertiary/aromatic N) is 1. The van der Waals surface area contributed by atoms with Gasteiger partial charge in [-0.15, -0.1) is 0 Å². The van der Waals surface area contributed by atoms with Gasteiger partial charge in [0.05, 0.1) is 5.54 Å². The van der Waals surface area contributed by atoms with E-state index in [1.54, 1.807) is 0 Å². The molecule has 1 aliphatic heterocycles. The van der Waals surface area contributed by atoms with Crippen molar-refractivity contribution in [2.75, 3.05) is 11.4 Å². The topological polar surface area (TPSA) is 46.3 Å². The zero-order chi connectivity index (χ0) is 13.6. The Morgan fingerprint density at radius 1 is 1.42 bits per heavy atom. The molecule has 0 aromatic heterocycles. The molecule has 1 saturated carbocycles. The fourth-order valence-corrected chi connectivity index (χ4v) is 3.09. The maximum Gasteiger partial charge on any atom is 0.247 e. The van der Waals surface area contributed by atoms with Crippen LogP contribution in [0.2, 0.25) is 0 Å². The number of amides is 1. The van der Waals surface area contributed by atoms with Gasteiger partial charge in [-0.25, -0.2) is 0 Å². The third kappa shape index (κ3) is 2.16. The summed E-state index contributed by atoms with van der Waals surface area (Å²) in [6.45, 7) is 4.79. The van der Waals surface area contributed by atoms with Crippen LogP contribution in [0.5, 0.6) is 0 Å². The van der Waals surface area contributed by atoms with Gasteiger partial charge in [-0.2, -0.15) is 0 Å². The average molecular weight is 258 g/mol. The van der Waals surface area contributed by atoms with Gasteiger partial charge in [-0.1, -0.05) is 17.7 Å². The molecule has 1 aliphatic carbocycles. The van der Waals surface area contributed by atoms with Gasteiger partial charge in [0.2, 0.25) is 5.91 Å². The van der Waals surface area contributed by atoms with E-state index in [1.807, 2.05) is 11.8 Å². The number of fused-ring (bicyclic) bond motifs is 1. The molecule has 1 fully saturated rings. The third-order valence-corrected chi connectivity index (χ3v) is 4.49. The molecule has 3 heteroatoms. The molecule has 0 saturated heterocycles. The van der Waals surface area contributed by atoms with E-state index in [9.17, 15) is 4.79 Å². The quantitative estimate of drug-likeness (QED) is 0.885. The smallest absolute Gasteiger partial charge is 0.247 e. The third-order valence-electron chi connectivity index (χ3n) is 4.49. The summed E-state index contributed by atoms with van der Waals surface area (Å²) in [6, 6.07) is 6.35. The Hall–Kier alpha value is -1.35. The van der Waals surface area contributed by atoms with Crippen LogP contribution < -0.4 is 10.6 Å². The fraction of sp³-hybridized carbons (Fsp3) is 0.562. The summed E-state index contributed by atoms with van der Waals surface area (Å²) in [7, 11) is 0. The Morgan fingerprint density at radius 3 is 2.84 bits per heavy atom. The van der Waals surface area contributed by atoms with Gasteiger partial charge < -0.3 is 10.6 Å². The van der Waals surface area contributed by atoms with Crippen LogP contribution in [0.1, 0.15) is 37.3 Å². The standard InChI is InChI=1S/C16H22N2O/c1-11-5-8-14-12(10-11)4-3-9-18(14)15(19)16(2,17)13-6-7-13/h5,8,10,13H,3-4,6-7,9,17H2,1-2H3. The molecule has 1 heterocycles. The maximum atomic E-state index is 12.7. The van der Waals surface area contributed by atoms with Crippen molar-refractivity contribution >= 4 is 11.6 Å². The fourth-order valence-electron chi connectivity index (χ4n) is 3.09. The lowest BCUT2D eigenvalue weighted by Crippen LogP contribution is -2.56. The molecule has 1 aromatic carbocycles. The molecule has 1 aromatic rings. The zero-order valence-electron chi connectivity index (χ0n) is 11.8. The van der Waals surface area contributed by atoms with Crippen molar-refractivity contribution in [1.82, 2.24) is 0 Å². The Morgan fingerprint density at radius 2 is 2.16 bits per heavy atom. The number of rotatable bonds is 2. The van der Waals surface area contributed by atoms with Gasteiger partial charge in [0.25, 0.3) is 0 Å². The van der Waals surface area contributed by atoms with Crippen molar-refractivity contribution in [2.45, 2.75) is 45.1 Å². The van der Waals surface area contributed by atoms with Crippen LogP contribution in [0.25, 0.3) is 0 Å². The highest BCUT2D eigenvalue weighted by atomic mass is 16.2. The van der Waals surface area contributed by atoms with Crippen LogP contribution >= 0.6 is 0 Å². The van der Waals surface area contributed by atoms with E-state index in [-0.39, 0.29) is 5.91 Å². The molecule has 3 rings (SSSR count). The highest BCUT2D eigenvalue weighted by Crippen LogP contribution is 2.40. The molecule has 19 heavy (non-hydrogen) atoms. The summed E-state index contributed by atoms with van der Waals surface area (Å²) in [5.41, 5.74) is 9.20. The second-order valence-electron chi connectivity index (χ2n) is 6.25. The summed E-state index contributed by atoms with van der Waals surface area (Å²) in [4.78, 5) is 14.7. The molecule has 1 unspecified atom stereocenters. The summed E-state index contributed by atoms with van der Waals surface area (Å²) < 4.78 is 0. The first-order valence-corrected chi connectivity index (χ1v) is 7.20. The Balaban J connectivity index is 1.93. The van der Waals surface area contributed by atoms with Crippen LogP contribution in [-0.4, -0.2) is 18.0 Å². The largest absolute Gasteiger partial charge is 0.317 e. The first-order chi connectivity index (χ1) is 9.00. The predicted molar refractivity (Wildman–Crippen MR) is 77.2 cm³/mol. The number of hydrogen-bond acceptors (Lipinski definition) is 2. The highest BCUT2D eigenvalue weighted by Gasteiger charge is 2.46. The number of anilines is 1. The second kappa shape index (κ2) is 4.34. The lowest BCUT2D eigenvalue weighted by molar-refractivity contribution is -0.123. The molecule has 0 radical (unpaired) electrons. The van der Waals surface area contributed by atoms with Crippen molar-refractivity contribution < 1.29 is 4.79 Å². The second-order valence-corrected chi connectivity index (χ2v) is 6.25. The number of carbonyl (C=O) groups is 1. The Kier molecular flexibility index (Phi) is 2.90. The summed E-state index contributed by atoms with van der Waals surface area (Å²) >= 11 is 0. The monoisotopic (exact) mass is 258 g/mol. The average Bonchev–Trinajstić information content (AvgIpc) is 3.21. The predicted octanol–water partition coefficient (Wildman–Crippen LogP) is 2.40. The molecule has 1 amide bonds. The zero-order valence-corrected chi connectivity index (χ0v) is 11.8. The highest BCUT2D eigenvalue weighted by molar-refractivity contribution is 6.01. The number of nitrogens with two attached hydrogens (primary N) is 1. The van der Waals surface area contributed by atoms with E-state index < -0.39 is 5.54 Å². The van der Waals surface area contributed by atoms with Crippen LogP contribution in [0.15, 0.2) is 18.2 Å². The molecule has 2 aliphatic rings. The summed E-state index contributed by atoms with van der Waals surface area (Å²) in [5.74, 6) is 0.468. The lowest BCUT2D eigenvalue weighted by Gasteiger charge is -2.35. The Bertz CT molecular complexity index is 517. The van der Waals surface area contributed by atoms with Gasteiger partial charge in [0.1, 0.15) is 0 Å². The van der Waals surface area contributed by atoms with Crippen molar-refractivity contribution in [3.8, 4) is 0 Å². The molecule has 2 N–H and O–H groups in total. The minimum atomic E-state index is -0.695. The van der Waals surface area contributed by atoms with E-state index in [0.717, 1.165) is 37.9 Å². The van der Waals surface area contributed by atoms with Crippen LogP contribution in [0, 0.1) is 12.8 Å². The van der Waals surface area contributed by atoms with Gasteiger partial charge >= 0.3 is 0 Å². The molecular weight excluding hydrogens is 236 g/mol. The van der Waals surface area contributed by atoms with Crippen LogP contribution in [0.4, 0.5) is 5.69 Å². The molecule has 1 atom stereocenters. The van der Waals surface area contributed by atoms with E-state index >= 15 is 0 Å². The van der Waals surface area contributed by atoms with Crippen LogP contribution in [-0.2, 0) is 11.2 Å². The molecule has 0 bridgehead atoms.